The average molecular weight is 433 g/mol. The Morgan fingerprint density at radius 2 is 1.87 bits per heavy atom. The third-order valence-corrected chi connectivity index (χ3v) is 5.80. The number of aromatic nitrogens is 3. The second kappa shape index (κ2) is 9.66. The number of amides is 1. The van der Waals surface area contributed by atoms with Crippen molar-refractivity contribution in [2.45, 2.75) is 25.3 Å². The molecule has 2 aromatic carbocycles. The van der Waals surface area contributed by atoms with Gasteiger partial charge in [-0.25, -0.2) is 9.50 Å². The lowest BCUT2D eigenvalue weighted by molar-refractivity contribution is -0.113. The zero-order valence-electron chi connectivity index (χ0n) is 17.5. The van der Waals surface area contributed by atoms with Gasteiger partial charge in [-0.1, -0.05) is 30.8 Å². The van der Waals surface area contributed by atoms with E-state index in [-0.39, 0.29) is 11.7 Å². The lowest BCUT2D eigenvalue weighted by atomic mass is 10.1. The molecule has 0 spiro atoms. The molecule has 0 radical (unpaired) electrons. The molecule has 1 N–H and O–H groups in total. The molecule has 4 aromatic rings. The molecule has 0 unspecified atom stereocenters. The molecule has 158 valence electrons. The SMILES string of the molecule is CCOc1ccc(-c2cc3c(SCC(=O)Nc4ccc(CC)cc4)nccn3n2)cc1. The summed E-state index contributed by atoms with van der Waals surface area (Å²) in [5.74, 6) is 1.04. The van der Waals surface area contributed by atoms with Crippen molar-refractivity contribution in [3.05, 3.63) is 72.6 Å². The van der Waals surface area contributed by atoms with Gasteiger partial charge in [-0.05, 0) is 61.4 Å². The fraction of sp³-hybridized carbons (Fsp3) is 0.208. The Morgan fingerprint density at radius 1 is 1.10 bits per heavy atom. The van der Waals surface area contributed by atoms with Crippen molar-refractivity contribution in [3.63, 3.8) is 0 Å². The standard InChI is InChI=1S/C24H24N4O2S/c1-3-17-5-9-19(10-6-17)26-23(29)16-31-24-22-15-21(27-28(22)14-13-25-24)18-7-11-20(12-8-18)30-4-2/h5-15H,3-4,16H2,1-2H3,(H,26,29). The van der Waals surface area contributed by atoms with E-state index in [0.29, 0.717) is 6.61 Å². The number of anilines is 1. The number of carbonyl (C=O) groups is 1. The van der Waals surface area contributed by atoms with E-state index in [1.54, 1.807) is 10.7 Å². The number of nitrogens with one attached hydrogen (secondary N) is 1. The topological polar surface area (TPSA) is 68.5 Å². The molecule has 0 aliphatic rings. The summed E-state index contributed by atoms with van der Waals surface area (Å²) in [5.41, 5.74) is 4.76. The number of ether oxygens (including phenoxy) is 1. The maximum absolute atomic E-state index is 12.4. The van der Waals surface area contributed by atoms with Crippen molar-refractivity contribution in [2.75, 3.05) is 17.7 Å². The molecule has 0 saturated heterocycles. The van der Waals surface area contributed by atoms with E-state index in [4.69, 9.17) is 4.74 Å². The second-order valence-corrected chi connectivity index (χ2v) is 7.90. The van der Waals surface area contributed by atoms with Crippen LogP contribution in [0.3, 0.4) is 0 Å². The average Bonchev–Trinajstić information content (AvgIpc) is 3.24. The van der Waals surface area contributed by atoms with Gasteiger partial charge in [0.25, 0.3) is 0 Å². The molecule has 7 heteroatoms. The summed E-state index contributed by atoms with van der Waals surface area (Å²) in [6.45, 7) is 4.71. The van der Waals surface area contributed by atoms with Crippen LogP contribution in [-0.4, -0.2) is 32.9 Å². The van der Waals surface area contributed by atoms with Crippen LogP contribution in [0.5, 0.6) is 5.75 Å². The van der Waals surface area contributed by atoms with Crippen LogP contribution < -0.4 is 10.1 Å². The van der Waals surface area contributed by atoms with E-state index in [2.05, 4.69) is 22.3 Å². The molecule has 0 fully saturated rings. The van der Waals surface area contributed by atoms with Crippen LogP contribution in [0.15, 0.2) is 72.0 Å². The summed E-state index contributed by atoms with van der Waals surface area (Å²) < 4.78 is 7.30. The molecule has 0 aliphatic carbocycles. The Bertz CT molecular complexity index is 1170. The number of rotatable bonds is 8. The molecular weight excluding hydrogens is 408 g/mol. The molecule has 6 nitrogen and oxygen atoms in total. The summed E-state index contributed by atoms with van der Waals surface area (Å²) in [6, 6.07) is 17.8. The first-order valence-electron chi connectivity index (χ1n) is 10.3. The molecule has 4 rings (SSSR count). The molecule has 2 aromatic heterocycles. The quantitative estimate of drug-likeness (QED) is 0.393. The van der Waals surface area contributed by atoms with Crippen molar-refractivity contribution in [1.29, 1.82) is 0 Å². The minimum atomic E-state index is -0.0655. The number of thioether (sulfide) groups is 1. The zero-order valence-corrected chi connectivity index (χ0v) is 18.4. The molecule has 2 heterocycles. The highest BCUT2D eigenvalue weighted by Gasteiger charge is 2.12. The number of nitrogens with zero attached hydrogens (tertiary/aromatic N) is 3. The largest absolute Gasteiger partial charge is 0.494 e. The van der Waals surface area contributed by atoms with E-state index in [0.717, 1.165) is 39.7 Å². The third-order valence-electron chi connectivity index (χ3n) is 4.80. The number of benzene rings is 2. The number of fused-ring (bicyclic) bond motifs is 1. The smallest absolute Gasteiger partial charge is 0.234 e. The molecule has 0 saturated carbocycles. The van der Waals surface area contributed by atoms with E-state index in [9.17, 15) is 4.79 Å². The lowest BCUT2D eigenvalue weighted by Gasteiger charge is -2.06. The Kier molecular flexibility index (Phi) is 6.52. The van der Waals surface area contributed by atoms with E-state index < -0.39 is 0 Å². The highest BCUT2D eigenvalue weighted by Crippen LogP contribution is 2.27. The predicted octanol–water partition coefficient (Wildman–Crippen LogP) is 5.09. The van der Waals surface area contributed by atoms with Crippen LogP contribution in [0.25, 0.3) is 16.8 Å². The predicted molar refractivity (Wildman–Crippen MR) is 125 cm³/mol. The monoisotopic (exact) mass is 432 g/mol. The van der Waals surface area contributed by atoms with Gasteiger partial charge in [0.05, 0.1) is 23.6 Å². The minimum Gasteiger partial charge on any atom is -0.494 e. The van der Waals surface area contributed by atoms with Gasteiger partial charge in [0, 0.05) is 23.6 Å². The summed E-state index contributed by atoms with van der Waals surface area (Å²) in [6.07, 6.45) is 4.49. The van der Waals surface area contributed by atoms with E-state index in [1.165, 1.54) is 17.3 Å². The Morgan fingerprint density at radius 3 is 2.58 bits per heavy atom. The van der Waals surface area contributed by atoms with Crippen LogP contribution in [0.2, 0.25) is 0 Å². The maximum atomic E-state index is 12.4. The van der Waals surface area contributed by atoms with Crippen LogP contribution in [0.1, 0.15) is 19.4 Å². The summed E-state index contributed by atoms with van der Waals surface area (Å²) in [5, 5.41) is 8.36. The van der Waals surface area contributed by atoms with Gasteiger partial charge in [-0.15, -0.1) is 0 Å². The molecule has 0 bridgehead atoms. The molecular formula is C24H24N4O2S. The Labute approximate surface area is 185 Å². The van der Waals surface area contributed by atoms with Crippen LogP contribution in [-0.2, 0) is 11.2 Å². The van der Waals surface area contributed by atoms with E-state index >= 15 is 0 Å². The van der Waals surface area contributed by atoms with Gasteiger partial charge < -0.3 is 10.1 Å². The van der Waals surface area contributed by atoms with Gasteiger partial charge >= 0.3 is 0 Å². The minimum absolute atomic E-state index is 0.0655. The Hall–Kier alpha value is -3.32. The third kappa shape index (κ3) is 5.06. The second-order valence-electron chi connectivity index (χ2n) is 6.94. The molecule has 0 atom stereocenters. The van der Waals surface area contributed by atoms with Gasteiger partial charge in [0.1, 0.15) is 10.8 Å². The van der Waals surface area contributed by atoms with Crippen LogP contribution in [0.4, 0.5) is 5.69 Å². The number of carbonyl (C=O) groups excluding carboxylic acids is 1. The van der Waals surface area contributed by atoms with Crippen molar-refractivity contribution >= 4 is 28.9 Å². The van der Waals surface area contributed by atoms with Crippen LogP contribution >= 0.6 is 11.8 Å². The number of hydrogen-bond donors (Lipinski definition) is 1. The van der Waals surface area contributed by atoms with Crippen molar-refractivity contribution in [3.8, 4) is 17.0 Å². The molecule has 31 heavy (non-hydrogen) atoms. The molecule has 0 aliphatic heterocycles. The van der Waals surface area contributed by atoms with Crippen molar-refractivity contribution in [2.24, 2.45) is 0 Å². The first-order chi connectivity index (χ1) is 15.2. The van der Waals surface area contributed by atoms with Crippen LogP contribution in [0, 0.1) is 0 Å². The summed E-state index contributed by atoms with van der Waals surface area (Å²) in [7, 11) is 0. The fourth-order valence-corrected chi connectivity index (χ4v) is 3.97. The number of hydrogen-bond acceptors (Lipinski definition) is 5. The lowest BCUT2D eigenvalue weighted by Crippen LogP contribution is -2.14. The number of aryl methyl sites for hydroxylation is 1. The van der Waals surface area contributed by atoms with Crippen molar-refractivity contribution in [1.82, 2.24) is 14.6 Å². The van der Waals surface area contributed by atoms with Gasteiger partial charge in [0.15, 0.2) is 0 Å². The van der Waals surface area contributed by atoms with Gasteiger partial charge in [0.2, 0.25) is 5.91 Å². The summed E-state index contributed by atoms with van der Waals surface area (Å²) in [4.78, 5) is 16.9. The van der Waals surface area contributed by atoms with Gasteiger partial charge in [-0.2, -0.15) is 5.10 Å². The highest BCUT2D eigenvalue weighted by atomic mass is 32.2. The summed E-state index contributed by atoms with van der Waals surface area (Å²) >= 11 is 1.40. The van der Waals surface area contributed by atoms with Crippen molar-refractivity contribution < 1.29 is 9.53 Å². The first-order valence-corrected chi connectivity index (χ1v) is 11.2. The van der Waals surface area contributed by atoms with Gasteiger partial charge in [-0.3, -0.25) is 4.79 Å². The van der Waals surface area contributed by atoms with E-state index in [1.807, 2.05) is 67.7 Å². The maximum Gasteiger partial charge on any atom is 0.234 e. The Balaban J connectivity index is 1.45. The normalized spacial score (nSPS) is 10.9. The fourth-order valence-electron chi connectivity index (χ4n) is 3.19. The highest BCUT2D eigenvalue weighted by molar-refractivity contribution is 8.00. The first kappa shape index (κ1) is 20.9. The molecule has 1 amide bonds. The zero-order chi connectivity index (χ0) is 21.6.